The first-order valence-corrected chi connectivity index (χ1v) is 7.50. The maximum atomic E-state index is 12.5. The minimum atomic E-state index is -1.68. The van der Waals surface area contributed by atoms with E-state index in [4.69, 9.17) is 0 Å². The van der Waals surface area contributed by atoms with Crippen LogP contribution in [0.1, 0.15) is 33.8 Å². The fraction of sp³-hybridized carbons (Fsp3) is 0.211. The Morgan fingerprint density at radius 3 is 1.92 bits per heavy atom. The van der Waals surface area contributed by atoms with Crippen LogP contribution in [0.25, 0.3) is 0 Å². The van der Waals surface area contributed by atoms with Crippen LogP contribution in [-0.2, 0) is 9.59 Å². The van der Waals surface area contributed by atoms with Crippen LogP contribution in [0.4, 0.5) is 0 Å². The van der Waals surface area contributed by atoms with Crippen LogP contribution in [0.2, 0.25) is 0 Å². The van der Waals surface area contributed by atoms with Gasteiger partial charge < -0.3 is 10.2 Å². The molecule has 0 aliphatic carbocycles. The zero-order valence-corrected chi connectivity index (χ0v) is 13.2. The van der Waals surface area contributed by atoms with Gasteiger partial charge in [0.2, 0.25) is 0 Å². The van der Waals surface area contributed by atoms with Crippen molar-refractivity contribution in [2.45, 2.75) is 19.3 Å². The fourth-order valence-electron chi connectivity index (χ4n) is 2.64. The van der Waals surface area contributed by atoms with E-state index in [-0.39, 0.29) is 12.2 Å². The van der Waals surface area contributed by atoms with Crippen LogP contribution in [-0.4, -0.2) is 27.9 Å². The van der Waals surface area contributed by atoms with Gasteiger partial charge in [-0.15, -0.1) is 0 Å². The Bertz CT molecular complexity index is 720. The lowest BCUT2D eigenvalue weighted by atomic mass is 9.81. The molecule has 0 aliphatic rings. The fourth-order valence-corrected chi connectivity index (χ4v) is 2.64. The average Bonchev–Trinajstić information content (AvgIpc) is 2.55. The molecule has 5 heteroatoms. The van der Waals surface area contributed by atoms with Gasteiger partial charge >= 0.3 is 11.9 Å². The maximum Gasteiger partial charge on any atom is 0.318 e. The Kier molecular flexibility index (Phi) is 5.47. The normalized spacial score (nSPS) is 11.9. The Balaban J connectivity index is 2.35. The van der Waals surface area contributed by atoms with Crippen molar-refractivity contribution < 1.29 is 24.6 Å². The second-order valence-electron chi connectivity index (χ2n) is 5.66. The van der Waals surface area contributed by atoms with Gasteiger partial charge in [-0.1, -0.05) is 60.2 Å². The SMILES string of the molecule is Cc1ccc(C(=O)CC(c2ccccc2)C(C(=O)O)C(=O)O)cc1. The highest BCUT2D eigenvalue weighted by Gasteiger charge is 2.37. The monoisotopic (exact) mass is 326 g/mol. The molecule has 0 bridgehead atoms. The molecule has 0 spiro atoms. The van der Waals surface area contributed by atoms with Crippen LogP contribution in [0, 0.1) is 12.8 Å². The van der Waals surface area contributed by atoms with Crippen molar-refractivity contribution in [3.63, 3.8) is 0 Å². The van der Waals surface area contributed by atoms with Gasteiger partial charge in [-0.3, -0.25) is 14.4 Å². The number of ketones is 1. The first-order valence-electron chi connectivity index (χ1n) is 7.50. The summed E-state index contributed by atoms with van der Waals surface area (Å²) < 4.78 is 0. The highest BCUT2D eigenvalue weighted by Crippen LogP contribution is 2.30. The smallest absolute Gasteiger partial charge is 0.318 e. The molecule has 0 heterocycles. The van der Waals surface area contributed by atoms with E-state index in [1.807, 2.05) is 6.92 Å². The summed E-state index contributed by atoms with van der Waals surface area (Å²) in [6.07, 6.45) is -0.184. The van der Waals surface area contributed by atoms with Gasteiger partial charge in [0, 0.05) is 17.9 Å². The summed E-state index contributed by atoms with van der Waals surface area (Å²) >= 11 is 0. The van der Waals surface area contributed by atoms with Crippen LogP contribution in [0.15, 0.2) is 54.6 Å². The molecule has 0 aliphatic heterocycles. The number of carbonyl (C=O) groups is 3. The first kappa shape index (κ1) is 17.4. The second kappa shape index (κ2) is 7.55. The second-order valence-corrected chi connectivity index (χ2v) is 5.66. The minimum absolute atomic E-state index is 0.184. The Labute approximate surface area is 139 Å². The lowest BCUT2D eigenvalue weighted by Gasteiger charge is -2.21. The molecule has 124 valence electrons. The van der Waals surface area contributed by atoms with Crippen molar-refractivity contribution in [1.29, 1.82) is 0 Å². The molecule has 2 rings (SSSR count). The standard InChI is InChI=1S/C19H18O5/c1-12-7-9-14(10-8-12)16(20)11-15(13-5-3-2-4-6-13)17(18(21)22)19(23)24/h2-10,15,17H,11H2,1H3,(H,21,22)(H,23,24). The van der Waals surface area contributed by atoms with E-state index in [0.717, 1.165) is 5.56 Å². The summed E-state index contributed by atoms with van der Waals surface area (Å²) in [7, 11) is 0. The quantitative estimate of drug-likeness (QED) is 0.602. The van der Waals surface area contributed by atoms with E-state index >= 15 is 0 Å². The number of hydrogen-bond donors (Lipinski definition) is 2. The summed E-state index contributed by atoms with van der Waals surface area (Å²) in [6, 6.07) is 15.3. The zero-order valence-electron chi connectivity index (χ0n) is 13.2. The highest BCUT2D eigenvalue weighted by atomic mass is 16.4. The van der Waals surface area contributed by atoms with E-state index in [0.29, 0.717) is 11.1 Å². The number of rotatable bonds is 7. The summed E-state index contributed by atoms with van der Waals surface area (Å²) in [6.45, 7) is 1.89. The molecule has 24 heavy (non-hydrogen) atoms. The maximum absolute atomic E-state index is 12.5. The van der Waals surface area contributed by atoms with Gasteiger partial charge in [0.15, 0.2) is 11.7 Å². The molecule has 0 fully saturated rings. The molecular weight excluding hydrogens is 308 g/mol. The van der Waals surface area contributed by atoms with Gasteiger partial charge in [0.1, 0.15) is 0 Å². The third kappa shape index (κ3) is 4.07. The Morgan fingerprint density at radius 1 is 0.875 bits per heavy atom. The lowest BCUT2D eigenvalue weighted by molar-refractivity contribution is -0.155. The van der Waals surface area contributed by atoms with Gasteiger partial charge in [0.05, 0.1) is 0 Å². The van der Waals surface area contributed by atoms with E-state index in [1.165, 1.54) is 0 Å². The minimum Gasteiger partial charge on any atom is -0.481 e. The number of Topliss-reactive ketones (excluding diaryl/α,β-unsaturated/α-hetero) is 1. The number of carboxylic acids is 2. The molecule has 5 nitrogen and oxygen atoms in total. The van der Waals surface area contributed by atoms with Crippen LogP contribution in [0.3, 0.4) is 0 Å². The van der Waals surface area contributed by atoms with Crippen molar-refractivity contribution in [3.8, 4) is 0 Å². The number of aliphatic carboxylic acids is 2. The molecule has 1 unspecified atom stereocenters. The van der Waals surface area contributed by atoms with Gasteiger partial charge in [0.25, 0.3) is 0 Å². The predicted octanol–water partition coefficient (Wildman–Crippen LogP) is 3.14. The molecule has 0 saturated carbocycles. The highest BCUT2D eigenvalue weighted by molar-refractivity contribution is 5.99. The summed E-state index contributed by atoms with van der Waals surface area (Å²) in [5.74, 6) is -5.80. The number of aryl methyl sites for hydroxylation is 1. The van der Waals surface area contributed by atoms with E-state index in [9.17, 15) is 24.6 Å². The molecule has 2 aromatic carbocycles. The topological polar surface area (TPSA) is 91.7 Å². The molecule has 0 saturated heterocycles. The number of carboxylic acid groups (broad SMARTS) is 2. The Hall–Kier alpha value is -2.95. The van der Waals surface area contributed by atoms with Crippen molar-refractivity contribution in [1.82, 2.24) is 0 Å². The first-order chi connectivity index (χ1) is 11.4. The number of carbonyl (C=O) groups excluding carboxylic acids is 1. The predicted molar refractivity (Wildman–Crippen MR) is 88.1 cm³/mol. The molecule has 2 N–H and O–H groups in total. The zero-order chi connectivity index (χ0) is 17.7. The van der Waals surface area contributed by atoms with E-state index in [1.54, 1.807) is 54.6 Å². The van der Waals surface area contributed by atoms with Crippen molar-refractivity contribution in [2.24, 2.45) is 5.92 Å². The lowest BCUT2D eigenvalue weighted by Crippen LogP contribution is -2.31. The van der Waals surface area contributed by atoms with Crippen molar-refractivity contribution in [2.75, 3.05) is 0 Å². The third-order valence-corrected chi connectivity index (χ3v) is 3.94. The molecular formula is C19H18O5. The van der Waals surface area contributed by atoms with Crippen molar-refractivity contribution in [3.05, 3.63) is 71.3 Å². The van der Waals surface area contributed by atoms with Crippen LogP contribution < -0.4 is 0 Å². The van der Waals surface area contributed by atoms with Gasteiger partial charge in [-0.2, -0.15) is 0 Å². The molecule has 0 amide bonds. The third-order valence-electron chi connectivity index (χ3n) is 3.94. The number of hydrogen-bond acceptors (Lipinski definition) is 3. The van der Waals surface area contributed by atoms with Gasteiger partial charge in [-0.05, 0) is 12.5 Å². The van der Waals surface area contributed by atoms with Gasteiger partial charge in [-0.25, -0.2) is 0 Å². The van der Waals surface area contributed by atoms with E-state index < -0.39 is 23.8 Å². The average molecular weight is 326 g/mol. The van der Waals surface area contributed by atoms with Crippen molar-refractivity contribution >= 4 is 17.7 Å². The van der Waals surface area contributed by atoms with Crippen LogP contribution in [0.5, 0.6) is 0 Å². The summed E-state index contributed by atoms with van der Waals surface area (Å²) in [5, 5.41) is 18.6. The largest absolute Gasteiger partial charge is 0.481 e. The number of benzene rings is 2. The summed E-state index contributed by atoms with van der Waals surface area (Å²) in [4.78, 5) is 35.4. The van der Waals surface area contributed by atoms with Crippen LogP contribution >= 0.6 is 0 Å². The molecule has 2 aromatic rings. The summed E-state index contributed by atoms with van der Waals surface area (Å²) in [5.41, 5.74) is 1.96. The van der Waals surface area contributed by atoms with E-state index in [2.05, 4.69) is 0 Å². The molecule has 1 atom stereocenters. The molecule has 0 aromatic heterocycles. The molecule has 0 radical (unpaired) electrons. The Morgan fingerprint density at radius 2 is 1.42 bits per heavy atom.